The molecule has 0 saturated carbocycles. The Morgan fingerprint density at radius 2 is 1.88 bits per heavy atom. The third kappa shape index (κ3) is 3.21. The first kappa shape index (κ1) is 15.4. The molecule has 0 aromatic heterocycles. The quantitative estimate of drug-likeness (QED) is 0.245. The zero-order chi connectivity index (χ0) is 13.3. The summed E-state index contributed by atoms with van der Waals surface area (Å²) >= 11 is 2.22. The lowest BCUT2D eigenvalue weighted by Crippen LogP contribution is -2.34. The molecule has 0 spiro atoms. The van der Waals surface area contributed by atoms with Crippen molar-refractivity contribution >= 4 is 71.0 Å². The molecule has 0 saturated heterocycles. The fraction of sp³-hybridized carbons (Fsp3) is 0.364. The van der Waals surface area contributed by atoms with Crippen LogP contribution < -0.4 is 20.8 Å². The molecule has 0 fully saturated rings. The summed E-state index contributed by atoms with van der Waals surface area (Å²) in [5.41, 5.74) is 2.17. The minimum atomic E-state index is -0.189. The van der Waals surface area contributed by atoms with Crippen molar-refractivity contribution in [2.75, 3.05) is 0 Å². The SMILES string of the molecule is Bc1c(C)c(OC(=O)C(C)C)c(I)c(P)c1P. The molecule has 0 amide bonds. The molecule has 1 aromatic rings. The number of rotatable bonds is 2. The number of hydrogen-bond donors (Lipinski definition) is 0. The molecule has 2 nitrogen and oxygen atoms in total. The summed E-state index contributed by atoms with van der Waals surface area (Å²) < 4.78 is 6.47. The fourth-order valence-electron chi connectivity index (χ4n) is 1.32. The van der Waals surface area contributed by atoms with Crippen molar-refractivity contribution < 1.29 is 9.53 Å². The Bertz CT molecular complexity index is 446. The zero-order valence-corrected chi connectivity index (χ0v) is 14.9. The van der Waals surface area contributed by atoms with Crippen LogP contribution in [0.5, 0.6) is 5.75 Å². The summed E-state index contributed by atoms with van der Waals surface area (Å²) in [6, 6.07) is 0. The smallest absolute Gasteiger partial charge is 0.313 e. The normalized spacial score (nSPS) is 10.8. The van der Waals surface area contributed by atoms with Crippen LogP contribution in [0.3, 0.4) is 0 Å². The van der Waals surface area contributed by atoms with Crippen LogP contribution in [0.15, 0.2) is 0 Å². The van der Waals surface area contributed by atoms with Crippen molar-refractivity contribution in [2.24, 2.45) is 5.92 Å². The second-order valence-corrected chi connectivity index (χ2v) is 6.53. The van der Waals surface area contributed by atoms with E-state index in [0.717, 1.165) is 25.2 Å². The minimum absolute atomic E-state index is 0.117. The molecule has 6 heteroatoms. The Kier molecular flexibility index (Phi) is 5.43. The van der Waals surface area contributed by atoms with E-state index in [1.54, 1.807) is 0 Å². The molecule has 17 heavy (non-hydrogen) atoms. The van der Waals surface area contributed by atoms with Crippen LogP contribution in [0.2, 0.25) is 0 Å². The predicted octanol–water partition coefficient (Wildman–Crippen LogP) is 0.420. The number of benzene rings is 1. The molecule has 0 aliphatic rings. The van der Waals surface area contributed by atoms with Crippen LogP contribution in [-0.2, 0) is 4.79 Å². The Labute approximate surface area is 122 Å². The highest BCUT2D eigenvalue weighted by Gasteiger charge is 2.18. The molecular weight excluding hydrogens is 364 g/mol. The van der Waals surface area contributed by atoms with Gasteiger partial charge in [-0.15, -0.1) is 18.5 Å². The molecule has 2 atom stereocenters. The van der Waals surface area contributed by atoms with E-state index in [1.165, 1.54) is 0 Å². The Morgan fingerprint density at radius 3 is 2.35 bits per heavy atom. The van der Waals surface area contributed by atoms with E-state index in [0.29, 0.717) is 5.75 Å². The average Bonchev–Trinajstić information content (AvgIpc) is 2.29. The maximum absolute atomic E-state index is 11.7. The van der Waals surface area contributed by atoms with Crippen molar-refractivity contribution in [3.05, 3.63) is 9.13 Å². The zero-order valence-electron chi connectivity index (χ0n) is 10.4. The lowest BCUT2D eigenvalue weighted by Gasteiger charge is -2.17. The van der Waals surface area contributed by atoms with Crippen LogP contribution >= 0.6 is 41.1 Å². The number of esters is 1. The van der Waals surface area contributed by atoms with Gasteiger partial charge in [0, 0.05) is 0 Å². The van der Waals surface area contributed by atoms with Gasteiger partial charge in [-0.05, 0) is 45.7 Å². The first-order chi connectivity index (χ1) is 7.77. The summed E-state index contributed by atoms with van der Waals surface area (Å²) in [5.74, 6) is 0.387. The van der Waals surface area contributed by atoms with Crippen LogP contribution in [0.25, 0.3) is 0 Å². The minimum Gasteiger partial charge on any atom is -0.425 e. The molecule has 92 valence electrons. The number of hydrogen-bond acceptors (Lipinski definition) is 2. The lowest BCUT2D eigenvalue weighted by molar-refractivity contribution is -0.137. The van der Waals surface area contributed by atoms with Gasteiger partial charge in [-0.2, -0.15) is 0 Å². The second-order valence-electron chi connectivity index (χ2n) is 4.30. The molecular formula is C11H16BIO2P2. The van der Waals surface area contributed by atoms with Gasteiger partial charge in [0.05, 0.1) is 9.49 Å². The number of halogens is 1. The van der Waals surface area contributed by atoms with Gasteiger partial charge in [-0.3, -0.25) is 4.79 Å². The van der Waals surface area contributed by atoms with Gasteiger partial charge in [0.15, 0.2) is 0 Å². The highest BCUT2D eigenvalue weighted by molar-refractivity contribution is 14.1. The molecule has 2 unspecified atom stereocenters. The number of ether oxygens (including phenoxy) is 1. The third-order valence-electron chi connectivity index (χ3n) is 2.71. The van der Waals surface area contributed by atoms with Crippen LogP contribution in [0, 0.1) is 16.4 Å². The molecule has 0 heterocycles. The largest absolute Gasteiger partial charge is 0.425 e. The lowest BCUT2D eigenvalue weighted by atomic mass is 9.90. The summed E-state index contributed by atoms with van der Waals surface area (Å²) in [7, 11) is 7.47. The first-order valence-electron chi connectivity index (χ1n) is 5.32. The van der Waals surface area contributed by atoms with E-state index >= 15 is 0 Å². The second kappa shape index (κ2) is 5.99. The van der Waals surface area contributed by atoms with Gasteiger partial charge >= 0.3 is 5.97 Å². The van der Waals surface area contributed by atoms with Crippen molar-refractivity contribution in [1.29, 1.82) is 0 Å². The molecule has 0 bridgehead atoms. The van der Waals surface area contributed by atoms with E-state index in [-0.39, 0.29) is 11.9 Å². The van der Waals surface area contributed by atoms with Gasteiger partial charge in [-0.1, -0.05) is 19.3 Å². The van der Waals surface area contributed by atoms with Gasteiger partial charge < -0.3 is 4.74 Å². The first-order valence-corrected chi connectivity index (χ1v) is 7.56. The van der Waals surface area contributed by atoms with Crippen molar-refractivity contribution in [3.8, 4) is 5.75 Å². The number of carbonyl (C=O) groups is 1. The monoisotopic (exact) mass is 380 g/mol. The summed E-state index contributed by atoms with van der Waals surface area (Å²) in [6.45, 7) is 5.66. The standard InChI is InChI=1S/C11H16BIO2P2/c1-4(2)11(14)15-8-5(3)6(12)9(16)10(17)7(8)13/h4H,12,16-17H2,1-3H3. The van der Waals surface area contributed by atoms with Crippen LogP contribution in [0.1, 0.15) is 19.4 Å². The number of carbonyl (C=O) groups excluding carboxylic acids is 1. The summed E-state index contributed by atoms with van der Waals surface area (Å²) in [4.78, 5) is 11.7. The van der Waals surface area contributed by atoms with E-state index in [2.05, 4.69) is 41.1 Å². The van der Waals surface area contributed by atoms with Crippen molar-refractivity contribution in [1.82, 2.24) is 0 Å². The highest BCUT2D eigenvalue weighted by atomic mass is 127. The van der Waals surface area contributed by atoms with E-state index < -0.39 is 0 Å². The fourth-order valence-corrected chi connectivity index (χ4v) is 3.13. The molecule has 0 N–H and O–H groups in total. The molecule has 0 radical (unpaired) electrons. The summed E-state index contributed by atoms with van der Waals surface area (Å²) in [5, 5.41) is 2.23. The van der Waals surface area contributed by atoms with Crippen LogP contribution in [-0.4, -0.2) is 13.8 Å². The van der Waals surface area contributed by atoms with E-state index in [1.807, 2.05) is 28.6 Å². The van der Waals surface area contributed by atoms with Gasteiger partial charge in [0.1, 0.15) is 13.6 Å². The summed E-state index contributed by atoms with van der Waals surface area (Å²) in [6.07, 6.45) is 0. The molecule has 0 aliphatic heterocycles. The topological polar surface area (TPSA) is 26.3 Å². The van der Waals surface area contributed by atoms with Crippen molar-refractivity contribution in [2.45, 2.75) is 20.8 Å². The molecule has 0 aliphatic carbocycles. The Balaban J connectivity index is 3.30. The molecule has 1 aromatic carbocycles. The van der Waals surface area contributed by atoms with Gasteiger partial charge in [-0.25, -0.2) is 0 Å². The van der Waals surface area contributed by atoms with Gasteiger partial charge in [0.25, 0.3) is 0 Å². The Morgan fingerprint density at radius 1 is 1.35 bits per heavy atom. The van der Waals surface area contributed by atoms with E-state index in [4.69, 9.17) is 4.74 Å². The maximum Gasteiger partial charge on any atom is 0.313 e. The maximum atomic E-state index is 11.7. The van der Waals surface area contributed by atoms with E-state index in [9.17, 15) is 4.79 Å². The van der Waals surface area contributed by atoms with Crippen LogP contribution in [0.4, 0.5) is 0 Å². The van der Waals surface area contributed by atoms with Crippen molar-refractivity contribution in [3.63, 3.8) is 0 Å². The highest BCUT2D eigenvalue weighted by Crippen LogP contribution is 2.24. The Hall–Kier alpha value is 0.345. The third-order valence-corrected chi connectivity index (χ3v) is 6.04. The molecule has 1 rings (SSSR count). The van der Waals surface area contributed by atoms with Gasteiger partial charge in [0.2, 0.25) is 0 Å². The average molecular weight is 380 g/mol. The predicted molar refractivity (Wildman–Crippen MR) is 91.2 cm³/mol.